The average molecular weight is 460 g/mol. The van der Waals surface area contributed by atoms with E-state index in [4.69, 9.17) is 14.7 Å². The first-order valence-electron chi connectivity index (χ1n) is 11.1. The van der Waals surface area contributed by atoms with Crippen molar-refractivity contribution < 1.29 is 9.13 Å². The van der Waals surface area contributed by atoms with E-state index >= 15 is 0 Å². The van der Waals surface area contributed by atoms with Gasteiger partial charge in [0, 0.05) is 29.8 Å². The number of benzene rings is 2. The van der Waals surface area contributed by atoms with Crippen LogP contribution in [0.2, 0.25) is 0 Å². The molecule has 0 spiro atoms. The van der Waals surface area contributed by atoms with Crippen molar-refractivity contribution in [1.82, 2.24) is 24.7 Å². The molecule has 0 fully saturated rings. The Morgan fingerprint density at radius 2 is 1.91 bits per heavy atom. The highest BCUT2D eigenvalue weighted by Gasteiger charge is 2.39. The quantitative estimate of drug-likeness (QED) is 0.437. The number of nitrogens with one attached hydrogen (secondary N) is 2. The van der Waals surface area contributed by atoms with E-state index in [0.29, 0.717) is 17.5 Å². The molecule has 2 heterocycles. The Hall–Kier alpha value is -4.01. The van der Waals surface area contributed by atoms with Crippen molar-refractivity contribution in [2.45, 2.75) is 32.1 Å². The summed E-state index contributed by atoms with van der Waals surface area (Å²) in [6.07, 6.45) is 3.37. The van der Waals surface area contributed by atoms with Crippen molar-refractivity contribution in [2.24, 2.45) is 0 Å². The molecule has 0 saturated heterocycles. The topological polar surface area (TPSA) is 89.8 Å². The third-order valence-corrected chi connectivity index (χ3v) is 6.41. The van der Waals surface area contributed by atoms with Gasteiger partial charge < -0.3 is 15.4 Å². The lowest BCUT2D eigenvalue weighted by Gasteiger charge is -2.25. The van der Waals surface area contributed by atoms with Crippen molar-refractivity contribution in [3.05, 3.63) is 77.3 Å². The third-order valence-electron chi connectivity index (χ3n) is 6.41. The number of aryl methyl sites for hydroxylation is 1. The number of halogens is 1. The van der Waals surface area contributed by atoms with Gasteiger partial charge in [0.05, 0.1) is 12.8 Å². The van der Waals surface area contributed by atoms with E-state index in [1.807, 2.05) is 44.3 Å². The van der Waals surface area contributed by atoms with Gasteiger partial charge in [-0.25, -0.2) is 19.0 Å². The third kappa shape index (κ3) is 3.72. The summed E-state index contributed by atoms with van der Waals surface area (Å²) in [5.41, 5.74) is 4.30. The minimum absolute atomic E-state index is 0.245. The summed E-state index contributed by atoms with van der Waals surface area (Å²) in [7, 11) is 3.48. The van der Waals surface area contributed by atoms with Crippen LogP contribution in [0.4, 0.5) is 21.8 Å². The molecule has 2 N–H and O–H groups in total. The fourth-order valence-corrected chi connectivity index (χ4v) is 4.57. The van der Waals surface area contributed by atoms with Crippen LogP contribution in [0, 0.1) is 12.7 Å². The number of ether oxygens (including phenoxy) is 1. The van der Waals surface area contributed by atoms with Crippen LogP contribution in [0.15, 0.2) is 48.8 Å². The number of nitrogens with zero attached hydrogens (tertiary/aromatic N) is 5. The molecule has 1 atom stereocenters. The van der Waals surface area contributed by atoms with Crippen LogP contribution >= 0.6 is 0 Å². The molecule has 5 rings (SSSR count). The monoisotopic (exact) mass is 459 g/mol. The molecule has 174 valence electrons. The van der Waals surface area contributed by atoms with E-state index in [1.54, 1.807) is 18.1 Å². The van der Waals surface area contributed by atoms with E-state index < -0.39 is 0 Å². The van der Waals surface area contributed by atoms with Gasteiger partial charge in [0.2, 0.25) is 5.95 Å². The maximum Gasteiger partial charge on any atom is 0.229 e. The normalized spacial score (nSPS) is 16.9. The van der Waals surface area contributed by atoms with Gasteiger partial charge in [-0.05, 0) is 56.5 Å². The molecule has 0 unspecified atom stereocenters. The molecular formula is C25H26FN7O. The summed E-state index contributed by atoms with van der Waals surface area (Å²) < 4.78 is 20.8. The zero-order valence-electron chi connectivity index (χ0n) is 19.6. The lowest BCUT2D eigenvalue weighted by molar-refractivity contribution is 0.412. The molecule has 9 heteroatoms. The Bertz CT molecular complexity index is 1350. The predicted octanol–water partition coefficient (Wildman–Crippen LogP) is 4.55. The Kier molecular flexibility index (Phi) is 5.39. The summed E-state index contributed by atoms with van der Waals surface area (Å²) in [4.78, 5) is 13.8. The van der Waals surface area contributed by atoms with Gasteiger partial charge in [-0.1, -0.05) is 12.1 Å². The van der Waals surface area contributed by atoms with Crippen LogP contribution in [0.3, 0.4) is 0 Å². The summed E-state index contributed by atoms with van der Waals surface area (Å²) in [6, 6.07) is 12.4. The fraction of sp³-hybridized carbons (Fsp3) is 0.280. The summed E-state index contributed by atoms with van der Waals surface area (Å²) in [6.45, 7) is 3.99. The zero-order valence-corrected chi connectivity index (χ0v) is 19.6. The van der Waals surface area contributed by atoms with Crippen molar-refractivity contribution >= 4 is 17.5 Å². The lowest BCUT2D eigenvalue weighted by Crippen LogP contribution is -2.22. The highest BCUT2D eigenvalue weighted by atomic mass is 19.1. The van der Waals surface area contributed by atoms with E-state index in [9.17, 15) is 4.39 Å². The molecule has 0 bridgehead atoms. The van der Waals surface area contributed by atoms with E-state index in [-0.39, 0.29) is 11.2 Å². The van der Waals surface area contributed by atoms with Gasteiger partial charge in [-0.15, -0.1) is 0 Å². The number of fused-ring (bicyclic) bond motifs is 1. The van der Waals surface area contributed by atoms with Crippen molar-refractivity contribution in [3.8, 4) is 11.4 Å². The number of hydrogen-bond acceptors (Lipinski definition) is 7. The van der Waals surface area contributed by atoms with Crippen LogP contribution in [-0.2, 0) is 11.8 Å². The lowest BCUT2D eigenvalue weighted by atomic mass is 9.80. The zero-order chi connectivity index (χ0) is 23.9. The van der Waals surface area contributed by atoms with Gasteiger partial charge in [0.15, 0.2) is 0 Å². The molecule has 8 nitrogen and oxygen atoms in total. The highest BCUT2D eigenvalue weighted by molar-refractivity contribution is 5.64. The Balaban J connectivity index is 1.51. The number of rotatable bonds is 6. The van der Waals surface area contributed by atoms with Crippen LogP contribution in [0.1, 0.15) is 36.0 Å². The van der Waals surface area contributed by atoms with E-state index in [1.165, 1.54) is 12.1 Å². The Morgan fingerprint density at radius 3 is 2.59 bits per heavy atom. The molecule has 0 radical (unpaired) electrons. The van der Waals surface area contributed by atoms with Crippen molar-refractivity contribution in [3.63, 3.8) is 0 Å². The van der Waals surface area contributed by atoms with Crippen molar-refractivity contribution in [2.75, 3.05) is 24.8 Å². The van der Waals surface area contributed by atoms with Crippen LogP contribution < -0.4 is 15.4 Å². The minimum Gasteiger partial charge on any atom is -0.494 e. The maximum atomic E-state index is 13.6. The standard InChI is InChI=1S/C25H26FN7O/c1-15-28-14-33(32-15)20-10-9-18(13-21(20)34-4)29-24-30-22-19(23(27-3)31-24)11-12-25(22,2)16-5-7-17(26)8-6-16/h5-10,13-14H,11-12H2,1-4H3,(H2,27,29,30,31)/t25-/m1/s1. The maximum absolute atomic E-state index is 13.6. The Labute approximate surface area is 197 Å². The Morgan fingerprint density at radius 1 is 1.12 bits per heavy atom. The second kappa shape index (κ2) is 8.40. The SMILES string of the molecule is CNc1nc(Nc2ccc(-n3cnc(C)n3)c(OC)c2)nc2c1CC[C@]2(C)c1ccc(F)cc1. The van der Waals surface area contributed by atoms with Gasteiger partial charge in [0.1, 0.15) is 35.2 Å². The van der Waals surface area contributed by atoms with Gasteiger partial charge in [-0.2, -0.15) is 10.1 Å². The molecule has 1 aliphatic rings. The molecule has 0 aliphatic heterocycles. The number of aromatic nitrogens is 5. The van der Waals surface area contributed by atoms with E-state index in [2.05, 4.69) is 27.6 Å². The van der Waals surface area contributed by atoms with E-state index in [0.717, 1.165) is 46.9 Å². The molecule has 34 heavy (non-hydrogen) atoms. The molecule has 0 saturated carbocycles. The molecule has 2 aromatic carbocycles. The van der Waals surface area contributed by atoms with Gasteiger partial charge >= 0.3 is 0 Å². The smallest absolute Gasteiger partial charge is 0.229 e. The first kappa shape index (κ1) is 21.8. The fourth-order valence-electron chi connectivity index (χ4n) is 4.57. The number of methoxy groups -OCH3 is 1. The molecule has 1 aliphatic carbocycles. The summed E-state index contributed by atoms with van der Waals surface area (Å²) in [5, 5.41) is 10.9. The number of hydrogen-bond donors (Lipinski definition) is 2. The van der Waals surface area contributed by atoms with Crippen LogP contribution in [0.25, 0.3) is 5.69 Å². The minimum atomic E-state index is -0.333. The summed E-state index contributed by atoms with van der Waals surface area (Å²) >= 11 is 0. The molecule has 2 aromatic heterocycles. The summed E-state index contributed by atoms with van der Waals surface area (Å²) in [5.74, 6) is 2.34. The largest absolute Gasteiger partial charge is 0.494 e. The first-order chi connectivity index (χ1) is 16.4. The predicted molar refractivity (Wildman–Crippen MR) is 129 cm³/mol. The van der Waals surface area contributed by atoms with Crippen molar-refractivity contribution in [1.29, 1.82) is 0 Å². The second-order valence-electron chi connectivity index (χ2n) is 8.56. The molecule has 4 aromatic rings. The van der Waals surface area contributed by atoms with Crippen LogP contribution in [-0.4, -0.2) is 38.9 Å². The highest BCUT2D eigenvalue weighted by Crippen LogP contribution is 2.45. The average Bonchev–Trinajstić information content (AvgIpc) is 3.43. The molecular weight excluding hydrogens is 433 g/mol. The van der Waals surface area contributed by atoms with Gasteiger partial charge in [-0.3, -0.25) is 0 Å². The van der Waals surface area contributed by atoms with Gasteiger partial charge in [0.25, 0.3) is 0 Å². The first-order valence-corrected chi connectivity index (χ1v) is 11.1. The second-order valence-corrected chi connectivity index (χ2v) is 8.56. The molecule has 0 amide bonds. The van der Waals surface area contributed by atoms with Crippen LogP contribution in [0.5, 0.6) is 5.75 Å². The number of anilines is 3.